The van der Waals surface area contributed by atoms with Crippen LogP contribution in [0, 0.1) is 12.7 Å². The summed E-state index contributed by atoms with van der Waals surface area (Å²) >= 11 is 9.46. The van der Waals surface area contributed by atoms with Gasteiger partial charge in [0.25, 0.3) is 0 Å². The van der Waals surface area contributed by atoms with E-state index in [1.54, 1.807) is 6.07 Å². The maximum Gasteiger partial charge on any atom is 0.141 e. The van der Waals surface area contributed by atoms with Crippen molar-refractivity contribution in [3.63, 3.8) is 0 Å². The molecule has 20 heavy (non-hydrogen) atoms. The predicted molar refractivity (Wildman–Crippen MR) is 82.9 cm³/mol. The van der Waals surface area contributed by atoms with Crippen molar-refractivity contribution in [2.75, 3.05) is 7.11 Å². The first-order valence-corrected chi connectivity index (χ1v) is 7.16. The van der Waals surface area contributed by atoms with Crippen LogP contribution in [0.5, 0.6) is 5.75 Å². The zero-order valence-corrected chi connectivity index (χ0v) is 13.4. The van der Waals surface area contributed by atoms with Crippen LogP contribution in [0.15, 0.2) is 34.8 Å². The highest BCUT2D eigenvalue weighted by atomic mass is 79.9. The maximum atomic E-state index is 13.6. The molecule has 2 aromatic rings. The number of hydrogen-bond acceptors (Lipinski definition) is 2. The van der Waals surface area contributed by atoms with Crippen molar-refractivity contribution in [1.29, 1.82) is 0 Å². The number of benzene rings is 2. The number of rotatable bonds is 3. The topological polar surface area (TPSA) is 35.2 Å². The quantitative estimate of drug-likeness (QED) is 0.870. The summed E-state index contributed by atoms with van der Waals surface area (Å²) in [5, 5.41) is 0.613. The Morgan fingerprint density at radius 3 is 2.65 bits per heavy atom. The average molecular weight is 359 g/mol. The Hall–Kier alpha value is -1.10. The van der Waals surface area contributed by atoms with Gasteiger partial charge in [-0.3, -0.25) is 0 Å². The van der Waals surface area contributed by atoms with Gasteiger partial charge in [0.05, 0.1) is 17.6 Å². The highest BCUT2D eigenvalue weighted by Gasteiger charge is 2.19. The molecule has 0 aliphatic rings. The van der Waals surface area contributed by atoms with Crippen LogP contribution in [0.2, 0.25) is 5.02 Å². The van der Waals surface area contributed by atoms with Crippen LogP contribution >= 0.6 is 27.5 Å². The molecular formula is C15H14BrClFNO. The lowest BCUT2D eigenvalue weighted by molar-refractivity contribution is 0.404. The summed E-state index contributed by atoms with van der Waals surface area (Å²) in [6, 6.07) is 8.10. The van der Waals surface area contributed by atoms with Crippen molar-refractivity contribution in [2.24, 2.45) is 5.73 Å². The lowest BCUT2D eigenvalue weighted by Crippen LogP contribution is -2.14. The third kappa shape index (κ3) is 2.82. The number of aryl methyl sites for hydroxylation is 1. The van der Waals surface area contributed by atoms with Gasteiger partial charge in [0.1, 0.15) is 11.6 Å². The fraction of sp³-hybridized carbons (Fsp3) is 0.200. The molecule has 106 valence electrons. The Labute approximate surface area is 130 Å². The fourth-order valence-corrected chi connectivity index (χ4v) is 2.65. The van der Waals surface area contributed by atoms with Gasteiger partial charge in [-0.1, -0.05) is 29.8 Å². The minimum atomic E-state index is -0.491. The predicted octanol–water partition coefficient (Wildman–Crippen LogP) is 4.61. The number of nitrogens with two attached hydrogens (primary N) is 1. The van der Waals surface area contributed by atoms with E-state index in [-0.39, 0.29) is 0 Å². The molecule has 0 aliphatic carbocycles. The van der Waals surface area contributed by atoms with Gasteiger partial charge in [0.2, 0.25) is 0 Å². The van der Waals surface area contributed by atoms with Crippen molar-refractivity contribution >= 4 is 27.5 Å². The number of halogens is 3. The Morgan fingerprint density at radius 2 is 2.00 bits per heavy atom. The van der Waals surface area contributed by atoms with Crippen molar-refractivity contribution in [3.8, 4) is 5.75 Å². The van der Waals surface area contributed by atoms with E-state index >= 15 is 0 Å². The van der Waals surface area contributed by atoms with E-state index in [2.05, 4.69) is 15.9 Å². The van der Waals surface area contributed by atoms with Crippen LogP contribution < -0.4 is 10.5 Å². The van der Waals surface area contributed by atoms with E-state index in [1.807, 2.05) is 25.1 Å². The third-order valence-corrected chi connectivity index (χ3v) is 4.29. The molecule has 0 heterocycles. The minimum absolute atomic E-state index is 0.340. The Bertz CT molecular complexity index is 648. The Kier molecular flexibility index (Phi) is 4.68. The van der Waals surface area contributed by atoms with Crippen LogP contribution in [0.25, 0.3) is 0 Å². The number of ether oxygens (including phenoxy) is 1. The lowest BCUT2D eigenvalue weighted by Gasteiger charge is -2.18. The highest BCUT2D eigenvalue weighted by Crippen LogP contribution is 2.35. The van der Waals surface area contributed by atoms with Gasteiger partial charge < -0.3 is 10.5 Å². The van der Waals surface area contributed by atoms with E-state index in [4.69, 9.17) is 22.1 Å². The van der Waals surface area contributed by atoms with Gasteiger partial charge >= 0.3 is 0 Å². The maximum absolute atomic E-state index is 13.6. The van der Waals surface area contributed by atoms with E-state index in [9.17, 15) is 4.39 Å². The smallest absolute Gasteiger partial charge is 0.141 e. The molecule has 2 nitrogen and oxygen atoms in total. The third-order valence-electron chi connectivity index (χ3n) is 3.16. The molecule has 1 atom stereocenters. The van der Waals surface area contributed by atoms with Crippen molar-refractivity contribution in [3.05, 3.63) is 62.3 Å². The lowest BCUT2D eigenvalue weighted by atomic mass is 9.97. The molecule has 0 fully saturated rings. The molecular weight excluding hydrogens is 345 g/mol. The number of methoxy groups -OCH3 is 1. The summed E-state index contributed by atoms with van der Waals surface area (Å²) in [5.74, 6) is 0.00362. The van der Waals surface area contributed by atoms with Gasteiger partial charge in [-0.25, -0.2) is 4.39 Å². The summed E-state index contributed by atoms with van der Waals surface area (Å²) in [6.45, 7) is 1.91. The van der Waals surface area contributed by atoms with Gasteiger partial charge in [-0.05, 0) is 40.0 Å². The SMILES string of the molecule is COc1cc(F)c(Br)cc1C(N)c1cccc(C)c1Cl. The van der Waals surface area contributed by atoms with E-state index < -0.39 is 11.9 Å². The molecule has 0 spiro atoms. The number of hydrogen-bond donors (Lipinski definition) is 1. The van der Waals surface area contributed by atoms with Crippen molar-refractivity contribution in [1.82, 2.24) is 0 Å². The Balaban J connectivity index is 2.55. The monoisotopic (exact) mass is 357 g/mol. The second-order valence-corrected chi connectivity index (χ2v) is 5.70. The van der Waals surface area contributed by atoms with Crippen molar-refractivity contribution in [2.45, 2.75) is 13.0 Å². The van der Waals surface area contributed by atoms with E-state index in [1.165, 1.54) is 13.2 Å². The minimum Gasteiger partial charge on any atom is -0.496 e. The van der Waals surface area contributed by atoms with E-state index in [0.717, 1.165) is 11.1 Å². The molecule has 0 bridgehead atoms. The van der Waals surface area contributed by atoms with Crippen molar-refractivity contribution < 1.29 is 9.13 Å². The molecule has 0 aliphatic heterocycles. The molecule has 0 aromatic heterocycles. The normalized spacial score (nSPS) is 12.3. The largest absolute Gasteiger partial charge is 0.496 e. The first kappa shape index (κ1) is 15.3. The van der Waals surface area contributed by atoms with Crippen LogP contribution in [0.3, 0.4) is 0 Å². The van der Waals surface area contributed by atoms with E-state index in [0.29, 0.717) is 20.8 Å². The van der Waals surface area contributed by atoms with Gasteiger partial charge in [-0.15, -0.1) is 0 Å². The van der Waals surface area contributed by atoms with Crippen LogP contribution in [-0.2, 0) is 0 Å². The standard InChI is InChI=1S/C15H14BrClFNO/c1-8-4-3-5-9(14(8)17)15(19)10-6-11(16)12(18)7-13(10)20-2/h3-7,15H,19H2,1-2H3. The summed E-state index contributed by atoms with van der Waals surface area (Å²) < 4.78 is 19.1. The zero-order valence-electron chi connectivity index (χ0n) is 11.1. The van der Waals surface area contributed by atoms with Crippen LogP contribution in [0.4, 0.5) is 4.39 Å². The molecule has 2 aromatic carbocycles. The molecule has 2 rings (SSSR count). The summed E-state index contributed by atoms with van der Waals surface area (Å²) in [7, 11) is 1.48. The molecule has 0 radical (unpaired) electrons. The van der Waals surface area contributed by atoms with Crippen LogP contribution in [-0.4, -0.2) is 7.11 Å². The van der Waals surface area contributed by atoms with Gasteiger partial charge in [0, 0.05) is 16.7 Å². The van der Waals surface area contributed by atoms with Crippen LogP contribution in [0.1, 0.15) is 22.7 Å². The highest BCUT2D eigenvalue weighted by molar-refractivity contribution is 9.10. The van der Waals surface area contributed by atoms with Gasteiger partial charge in [0.15, 0.2) is 0 Å². The molecule has 2 N–H and O–H groups in total. The first-order chi connectivity index (χ1) is 9.45. The average Bonchev–Trinajstić information content (AvgIpc) is 2.43. The second kappa shape index (κ2) is 6.12. The fourth-order valence-electron chi connectivity index (χ4n) is 2.04. The Morgan fingerprint density at radius 1 is 1.30 bits per heavy atom. The first-order valence-electron chi connectivity index (χ1n) is 5.99. The molecule has 0 saturated carbocycles. The summed E-state index contributed by atoms with van der Waals surface area (Å²) in [4.78, 5) is 0. The zero-order chi connectivity index (χ0) is 14.9. The molecule has 5 heteroatoms. The summed E-state index contributed by atoms with van der Waals surface area (Å²) in [5.41, 5.74) is 8.67. The molecule has 0 saturated heterocycles. The molecule has 1 unspecified atom stereocenters. The molecule has 0 amide bonds. The van der Waals surface area contributed by atoms with Gasteiger partial charge in [-0.2, -0.15) is 0 Å². The second-order valence-electron chi connectivity index (χ2n) is 4.46. The summed E-state index contributed by atoms with van der Waals surface area (Å²) in [6.07, 6.45) is 0.